The van der Waals surface area contributed by atoms with Gasteiger partial charge in [0.1, 0.15) is 11.6 Å². The van der Waals surface area contributed by atoms with Crippen LogP contribution in [0.1, 0.15) is 20.7 Å². The van der Waals surface area contributed by atoms with E-state index >= 15 is 0 Å². The molecule has 2 atom stereocenters. The van der Waals surface area contributed by atoms with E-state index in [4.69, 9.17) is 5.73 Å². The summed E-state index contributed by atoms with van der Waals surface area (Å²) >= 11 is 0. The lowest BCUT2D eigenvalue weighted by atomic mass is 10.1. The fourth-order valence-corrected chi connectivity index (χ4v) is 4.07. The summed E-state index contributed by atoms with van der Waals surface area (Å²) < 4.78 is 1.54. The van der Waals surface area contributed by atoms with Gasteiger partial charge in [-0.2, -0.15) is 20.6 Å². The maximum atomic E-state index is 11.6. The van der Waals surface area contributed by atoms with Crippen LogP contribution < -0.4 is 10.7 Å². The van der Waals surface area contributed by atoms with Gasteiger partial charge in [0.05, 0.1) is 28.6 Å². The quantitative estimate of drug-likeness (QED) is 0.296. The van der Waals surface area contributed by atoms with Gasteiger partial charge < -0.3 is 15.9 Å². The summed E-state index contributed by atoms with van der Waals surface area (Å²) in [6, 6.07) is 24.1. The molecule has 12 heteroatoms. The van der Waals surface area contributed by atoms with Gasteiger partial charge in [-0.1, -0.05) is 48.5 Å². The van der Waals surface area contributed by atoms with Crippen molar-refractivity contribution in [3.8, 4) is 23.0 Å². The molecule has 0 fully saturated rings. The number of nitrogens with two attached hydrogens (primary N) is 1. The van der Waals surface area contributed by atoms with Crippen molar-refractivity contribution in [1.29, 1.82) is 5.26 Å². The van der Waals surface area contributed by atoms with Crippen molar-refractivity contribution < 1.29 is 19.8 Å². The smallest absolute Gasteiger partial charge is 0.335 e. The lowest BCUT2D eigenvalue weighted by Gasteiger charge is -2.21. The Hall–Kier alpha value is -5.83. The third-order valence-corrected chi connectivity index (χ3v) is 5.97. The number of anilines is 2. The van der Waals surface area contributed by atoms with Gasteiger partial charge in [-0.05, 0) is 30.3 Å². The first kappa shape index (κ1) is 24.8. The summed E-state index contributed by atoms with van der Waals surface area (Å²) in [6.45, 7) is 0. The van der Waals surface area contributed by atoms with Crippen molar-refractivity contribution in [3.05, 3.63) is 90.0 Å². The molecular formula is C27H20N8O4. The number of aromatic carboxylic acids is 2. The molecule has 5 rings (SSSR count). The summed E-state index contributed by atoms with van der Waals surface area (Å²) in [6.07, 6.45) is 0.315. The highest BCUT2D eigenvalue weighted by molar-refractivity contribution is 5.95. The number of nitriles is 1. The molecule has 4 aromatic rings. The Bertz CT molecular complexity index is 1630. The monoisotopic (exact) mass is 520 g/mol. The van der Waals surface area contributed by atoms with Crippen molar-refractivity contribution in [2.75, 3.05) is 10.7 Å². The number of hydrazone groups is 1. The molecule has 12 nitrogen and oxygen atoms in total. The first-order chi connectivity index (χ1) is 18.9. The number of aromatic nitrogens is 2. The highest BCUT2D eigenvalue weighted by atomic mass is 16.4. The van der Waals surface area contributed by atoms with E-state index in [0.717, 1.165) is 11.6 Å². The van der Waals surface area contributed by atoms with Gasteiger partial charge in [-0.15, -0.1) is 5.11 Å². The van der Waals surface area contributed by atoms with Gasteiger partial charge in [-0.3, -0.25) is 0 Å². The average Bonchev–Trinajstić information content (AvgIpc) is 3.52. The molecular weight excluding hydrogens is 500 g/mol. The Balaban J connectivity index is 1.60. The zero-order chi connectivity index (χ0) is 27.5. The van der Waals surface area contributed by atoms with Crippen LogP contribution in [-0.4, -0.2) is 44.3 Å². The molecule has 0 radical (unpaired) electrons. The number of carboxylic acid groups (broad SMARTS) is 2. The molecule has 2 unspecified atom stereocenters. The standard InChI is InChI=1S/C27H20N8O4/c28-14-19-15-30-35(21-12-17(26(36)37)11-18(13-21)27(38)39)25(19)32-31-23-22(16-7-3-1-4-8-16)33-34(24(23)29)20-9-5-2-6-10-20/h1-13,15,19,25H,29H2,(H,36,37)(H,38,39). The van der Waals surface area contributed by atoms with E-state index in [1.165, 1.54) is 28.0 Å². The van der Waals surface area contributed by atoms with E-state index in [-0.39, 0.29) is 28.3 Å². The highest BCUT2D eigenvalue weighted by Gasteiger charge is 2.34. The van der Waals surface area contributed by atoms with Crippen LogP contribution in [0.5, 0.6) is 0 Å². The summed E-state index contributed by atoms with van der Waals surface area (Å²) in [5, 5.41) is 47.6. The third kappa shape index (κ3) is 4.79. The van der Waals surface area contributed by atoms with Gasteiger partial charge in [0.2, 0.25) is 0 Å². The maximum absolute atomic E-state index is 11.6. The predicted octanol–water partition coefficient (Wildman–Crippen LogP) is 4.57. The molecule has 1 aliphatic rings. The van der Waals surface area contributed by atoms with E-state index in [0.29, 0.717) is 11.4 Å². The van der Waals surface area contributed by atoms with Crippen LogP contribution in [0.15, 0.2) is 94.2 Å². The zero-order valence-electron chi connectivity index (χ0n) is 20.2. The Morgan fingerprint density at radius 2 is 1.54 bits per heavy atom. The molecule has 0 saturated carbocycles. The fourth-order valence-electron chi connectivity index (χ4n) is 4.07. The lowest BCUT2D eigenvalue weighted by Crippen LogP contribution is -2.30. The minimum absolute atomic E-state index is 0.126. The van der Waals surface area contributed by atoms with Crippen LogP contribution in [-0.2, 0) is 0 Å². The Labute approximate surface area is 221 Å². The Morgan fingerprint density at radius 3 is 2.13 bits per heavy atom. The Morgan fingerprint density at radius 1 is 0.923 bits per heavy atom. The van der Waals surface area contributed by atoms with Crippen LogP contribution >= 0.6 is 0 Å². The van der Waals surface area contributed by atoms with E-state index in [1.807, 2.05) is 60.7 Å². The van der Waals surface area contributed by atoms with Gasteiger partial charge in [-0.25, -0.2) is 19.3 Å². The minimum atomic E-state index is -1.31. The summed E-state index contributed by atoms with van der Waals surface area (Å²) in [5.41, 5.74) is 8.27. The molecule has 4 N–H and O–H groups in total. The minimum Gasteiger partial charge on any atom is -0.478 e. The number of hydrogen-bond acceptors (Lipinski definition) is 9. The summed E-state index contributed by atoms with van der Waals surface area (Å²) in [5.74, 6) is -3.28. The molecule has 0 aliphatic carbocycles. The number of benzene rings is 3. The van der Waals surface area contributed by atoms with Crippen molar-refractivity contribution in [3.63, 3.8) is 0 Å². The largest absolute Gasteiger partial charge is 0.478 e. The lowest BCUT2D eigenvalue weighted by molar-refractivity contribution is 0.0696. The van der Waals surface area contributed by atoms with Gasteiger partial charge in [0.25, 0.3) is 0 Å². The molecule has 39 heavy (non-hydrogen) atoms. The number of azo groups is 1. The second-order valence-corrected chi connectivity index (χ2v) is 8.47. The second-order valence-electron chi connectivity index (χ2n) is 8.47. The van der Waals surface area contributed by atoms with E-state index < -0.39 is 24.0 Å². The van der Waals surface area contributed by atoms with Gasteiger partial charge >= 0.3 is 11.9 Å². The molecule has 0 saturated heterocycles. The Kier molecular flexibility index (Phi) is 6.54. The molecule has 192 valence electrons. The first-order valence-electron chi connectivity index (χ1n) is 11.6. The van der Waals surface area contributed by atoms with Crippen LogP contribution in [0.4, 0.5) is 17.2 Å². The zero-order valence-corrected chi connectivity index (χ0v) is 20.2. The third-order valence-electron chi connectivity index (χ3n) is 5.97. The van der Waals surface area contributed by atoms with Gasteiger partial charge in [0, 0.05) is 11.8 Å². The van der Waals surface area contributed by atoms with Gasteiger partial charge in [0.15, 0.2) is 17.7 Å². The average molecular weight is 521 g/mol. The van der Waals surface area contributed by atoms with Crippen LogP contribution in [0.25, 0.3) is 16.9 Å². The maximum Gasteiger partial charge on any atom is 0.335 e. The molecule has 2 heterocycles. The second kappa shape index (κ2) is 10.3. The fraction of sp³-hybridized carbons (Fsp3) is 0.0741. The topological polar surface area (TPSA) is 183 Å². The molecule has 0 bridgehead atoms. The molecule has 1 aromatic heterocycles. The van der Waals surface area contributed by atoms with Crippen molar-refractivity contribution in [2.45, 2.75) is 6.17 Å². The molecule has 1 aliphatic heterocycles. The van der Waals surface area contributed by atoms with E-state index in [9.17, 15) is 25.1 Å². The summed E-state index contributed by atoms with van der Waals surface area (Å²) in [7, 11) is 0. The number of para-hydroxylation sites is 1. The number of nitrogens with zero attached hydrogens (tertiary/aromatic N) is 7. The van der Waals surface area contributed by atoms with Crippen molar-refractivity contribution in [2.24, 2.45) is 21.2 Å². The number of hydrogen-bond donors (Lipinski definition) is 3. The van der Waals surface area contributed by atoms with Crippen LogP contribution in [0, 0.1) is 17.2 Å². The van der Waals surface area contributed by atoms with Crippen molar-refractivity contribution >= 4 is 35.3 Å². The van der Waals surface area contributed by atoms with Crippen molar-refractivity contribution in [1.82, 2.24) is 9.78 Å². The van der Waals surface area contributed by atoms with E-state index in [2.05, 4.69) is 26.5 Å². The van der Waals surface area contributed by atoms with Crippen LogP contribution in [0.2, 0.25) is 0 Å². The molecule has 3 aromatic carbocycles. The predicted molar refractivity (Wildman–Crippen MR) is 142 cm³/mol. The number of carbonyl (C=O) groups is 2. The highest BCUT2D eigenvalue weighted by Crippen LogP contribution is 2.38. The number of nitrogen functional groups attached to an aromatic ring is 1. The summed E-state index contributed by atoms with van der Waals surface area (Å²) in [4.78, 5) is 23.2. The number of rotatable bonds is 7. The van der Waals surface area contributed by atoms with Crippen LogP contribution in [0.3, 0.4) is 0 Å². The number of carboxylic acids is 2. The SMILES string of the molecule is N#CC1C=NN(c2cc(C(=O)O)cc(C(=O)O)c2)C1N=Nc1c(-c2ccccc2)nn(-c2ccccc2)c1N. The normalized spacial score (nSPS) is 16.4. The molecule has 0 amide bonds. The van der Waals surface area contributed by atoms with E-state index in [1.54, 1.807) is 0 Å². The molecule has 0 spiro atoms. The first-order valence-corrected chi connectivity index (χ1v) is 11.6.